The smallest absolute Gasteiger partial charge is 0.251 e. The molecular weight excluding hydrogens is 410 g/mol. The molecule has 2 heterocycles. The van der Waals surface area contributed by atoms with Crippen molar-refractivity contribution in [1.82, 2.24) is 15.1 Å². The van der Waals surface area contributed by atoms with Crippen LogP contribution >= 0.6 is 15.9 Å². The fourth-order valence-electron chi connectivity index (χ4n) is 3.80. The van der Waals surface area contributed by atoms with Crippen LogP contribution in [0.5, 0.6) is 0 Å². The zero-order chi connectivity index (χ0) is 19.6. The Morgan fingerprint density at radius 2 is 1.93 bits per heavy atom. The van der Waals surface area contributed by atoms with Gasteiger partial charge in [-0.15, -0.1) is 0 Å². The van der Waals surface area contributed by atoms with Crippen molar-refractivity contribution in [2.45, 2.75) is 45.2 Å². The van der Waals surface area contributed by atoms with Gasteiger partial charge in [0, 0.05) is 48.2 Å². The van der Waals surface area contributed by atoms with Gasteiger partial charge in [-0.1, -0.05) is 22.0 Å². The van der Waals surface area contributed by atoms with Crippen molar-refractivity contribution in [3.8, 4) is 0 Å². The molecule has 0 radical (unpaired) electrons. The highest BCUT2D eigenvalue weighted by atomic mass is 79.9. The van der Waals surface area contributed by atoms with E-state index in [1.165, 1.54) is 0 Å². The normalized spacial score (nSPS) is 21.0. The van der Waals surface area contributed by atoms with Crippen LogP contribution in [0.1, 0.15) is 43.5 Å². The maximum Gasteiger partial charge on any atom is 0.251 e. The predicted octanol–water partition coefficient (Wildman–Crippen LogP) is 2.43. The molecule has 1 atom stereocenters. The Bertz CT molecular complexity index is 729. The van der Waals surface area contributed by atoms with Crippen molar-refractivity contribution in [2.75, 3.05) is 19.6 Å². The molecule has 2 fully saturated rings. The fourth-order valence-corrected chi connectivity index (χ4v) is 4.20. The van der Waals surface area contributed by atoms with Crippen LogP contribution in [0, 0.1) is 5.92 Å². The van der Waals surface area contributed by atoms with E-state index in [0.29, 0.717) is 31.6 Å². The first-order valence-electron chi connectivity index (χ1n) is 9.50. The van der Waals surface area contributed by atoms with Crippen LogP contribution in [-0.2, 0) is 9.59 Å². The van der Waals surface area contributed by atoms with E-state index in [1.54, 1.807) is 17.0 Å². The van der Waals surface area contributed by atoms with E-state index in [9.17, 15) is 14.4 Å². The molecule has 3 rings (SSSR count). The number of rotatable bonds is 4. The summed E-state index contributed by atoms with van der Waals surface area (Å²) in [5, 5.41) is 3.06. The topological polar surface area (TPSA) is 69.7 Å². The van der Waals surface area contributed by atoms with Gasteiger partial charge in [0.2, 0.25) is 11.8 Å². The van der Waals surface area contributed by atoms with Gasteiger partial charge in [-0.3, -0.25) is 14.4 Å². The lowest BCUT2D eigenvalue weighted by atomic mass is 10.0. The highest BCUT2D eigenvalue weighted by Gasteiger charge is 2.38. The van der Waals surface area contributed by atoms with E-state index < -0.39 is 0 Å². The summed E-state index contributed by atoms with van der Waals surface area (Å²) in [6, 6.07) is 7.51. The van der Waals surface area contributed by atoms with Gasteiger partial charge in [0.15, 0.2) is 0 Å². The van der Waals surface area contributed by atoms with E-state index in [4.69, 9.17) is 0 Å². The van der Waals surface area contributed by atoms with Crippen molar-refractivity contribution in [3.63, 3.8) is 0 Å². The molecule has 1 aromatic carbocycles. The maximum atomic E-state index is 12.8. The summed E-state index contributed by atoms with van der Waals surface area (Å²) in [5.41, 5.74) is 0.626. The number of piperidine rings is 1. The zero-order valence-corrected chi connectivity index (χ0v) is 17.4. The maximum absolute atomic E-state index is 12.8. The molecule has 0 bridgehead atoms. The van der Waals surface area contributed by atoms with E-state index >= 15 is 0 Å². The highest BCUT2D eigenvalue weighted by molar-refractivity contribution is 9.10. The van der Waals surface area contributed by atoms with Crippen LogP contribution in [0.25, 0.3) is 0 Å². The Morgan fingerprint density at radius 3 is 2.52 bits per heavy atom. The van der Waals surface area contributed by atoms with Crippen molar-refractivity contribution in [1.29, 1.82) is 0 Å². The first-order chi connectivity index (χ1) is 12.8. The number of benzene rings is 1. The summed E-state index contributed by atoms with van der Waals surface area (Å²) >= 11 is 3.38. The SMILES string of the molecule is CC(C)N1CC(C(=O)N2CCC(NC(=O)c3cccc(Br)c3)CC2)CC1=O. The Balaban J connectivity index is 1.49. The molecule has 146 valence electrons. The minimum absolute atomic E-state index is 0.0675. The molecule has 2 saturated heterocycles. The Morgan fingerprint density at radius 1 is 1.22 bits per heavy atom. The second kappa shape index (κ2) is 8.42. The third-order valence-corrected chi connectivity index (χ3v) is 5.85. The minimum Gasteiger partial charge on any atom is -0.349 e. The van der Waals surface area contributed by atoms with E-state index in [-0.39, 0.29) is 35.7 Å². The van der Waals surface area contributed by atoms with Gasteiger partial charge >= 0.3 is 0 Å². The lowest BCUT2D eigenvalue weighted by Crippen LogP contribution is -2.48. The van der Waals surface area contributed by atoms with E-state index in [2.05, 4.69) is 21.2 Å². The first-order valence-corrected chi connectivity index (χ1v) is 10.3. The fraction of sp³-hybridized carbons (Fsp3) is 0.550. The Labute approximate surface area is 168 Å². The third-order valence-electron chi connectivity index (χ3n) is 5.36. The number of nitrogens with one attached hydrogen (secondary N) is 1. The van der Waals surface area contributed by atoms with Crippen LogP contribution in [0.15, 0.2) is 28.7 Å². The molecule has 0 spiro atoms. The van der Waals surface area contributed by atoms with Gasteiger partial charge < -0.3 is 15.1 Å². The number of nitrogens with zero attached hydrogens (tertiary/aromatic N) is 2. The summed E-state index contributed by atoms with van der Waals surface area (Å²) < 4.78 is 0.872. The first kappa shape index (κ1) is 19.9. The monoisotopic (exact) mass is 435 g/mol. The summed E-state index contributed by atoms with van der Waals surface area (Å²) in [4.78, 5) is 40.8. The molecule has 1 unspecified atom stereocenters. The van der Waals surface area contributed by atoms with Gasteiger partial charge in [-0.25, -0.2) is 0 Å². The molecule has 1 aromatic rings. The molecule has 3 amide bonds. The number of hydrogen-bond acceptors (Lipinski definition) is 3. The van der Waals surface area contributed by atoms with Gasteiger partial charge in [0.1, 0.15) is 0 Å². The van der Waals surface area contributed by atoms with Gasteiger partial charge in [-0.2, -0.15) is 0 Å². The standard InChI is InChI=1S/C20H26BrN3O3/c1-13(2)24-12-15(11-18(24)25)20(27)23-8-6-17(7-9-23)22-19(26)14-4-3-5-16(21)10-14/h3-5,10,13,15,17H,6-9,11-12H2,1-2H3,(H,22,26). The molecule has 1 N–H and O–H groups in total. The third kappa shape index (κ3) is 4.69. The highest BCUT2D eigenvalue weighted by Crippen LogP contribution is 2.24. The summed E-state index contributed by atoms with van der Waals surface area (Å²) in [6.07, 6.45) is 1.79. The molecule has 7 heteroatoms. The molecule has 2 aliphatic heterocycles. The average molecular weight is 436 g/mol. The van der Waals surface area contributed by atoms with E-state index in [1.807, 2.05) is 30.9 Å². The van der Waals surface area contributed by atoms with Crippen molar-refractivity contribution in [2.24, 2.45) is 5.92 Å². The van der Waals surface area contributed by atoms with Crippen LogP contribution in [0.4, 0.5) is 0 Å². The second-order valence-electron chi connectivity index (χ2n) is 7.62. The van der Waals surface area contributed by atoms with Crippen LogP contribution in [0.3, 0.4) is 0 Å². The average Bonchev–Trinajstić information content (AvgIpc) is 3.04. The number of likely N-dealkylation sites (tertiary alicyclic amines) is 2. The van der Waals surface area contributed by atoms with Crippen LogP contribution in [-0.4, -0.2) is 59.2 Å². The summed E-state index contributed by atoms with van der Waals surface area (Å²) in [6.45, 7) is 5.71. The molecular formula is C20H26BrN3O3. The number of hydrogen-bond donors (Lipinski definition) is 1. The van der Waals surface area contributed by atoms with Gasteiger partial charge in [-0.05, 0) is 44.9 Å². The van der Waals surface area contributed by atoms with Crippen LogP contribution in [0.2, 0.25) is 0 Å². The Hall–Kier alpha value is -1.89. The minimum atomic E-state index is -0.229. The number of carbonyl (C=O) groups excluding carboxylic acids is 3. The van der Waals surface area contributed by atoms with E-state index in [0.717, 1.165) is 17.3 Å². The molecule has 0 aliphatic carbocycles. The summed E-state index contributed by atoms with van der Waals surface area (Å²) in [7, 11) is 0. The Kier molecular flexibility index (Phi) is 6.19. The van der Waals surface area contributed by atoms with Crippen molar-refractivity contribution < 1.29 is 14.4 Å². The number of halogens is 1. The largest absolute Gasteiger partial charge is 0.349 e. The number of amides is 3. The molecule has 2 aliphatic rings. The molecule has 27 heavy (non-hydrogen) atoms. The second-order valence-corrected chi connectivity index (χ2v) is 8.54. The van der Waals surface area contributed by atoms with Crippen molar-refractivity contribution >= 4 is 33.7 Å². The lowest BCUT2D eigenvalue weighted by Gasteiger charge is -2.34. The van der Waals surface area contributed by atoms with Crippen molar-refractivity contribution in [3.05, 3.63) is 34.3 Å². The lowest BCUT2D eigenvalue weighted by molar-refractivity contribution is -0.136. The summed E-state index contributed by atoms with van der Waals surface area (Å²) in [5.74, 6) is -0.175. The van der Waals surface area contributed by atoms with Crippen LogP contribution < -0.4 is 5.32 Å². The quantitative estimate of drug-likeness (QED) is 0.789. The number of carbonyl (C=O) groups is 3. The zero-order valence-electron chi connectivity index (χ0n) is 15.8. The molecule has 0 saturated carbocycles. The van der Waals surface area contributed by atoms with Gasteiger partial charge in [0.25, 0.3) is 5.91 Å². The van der Waals surface area contributed by atoms with Gasteiger partial charge in [0.05, 0.1) is 5.92 Å². The predicted molar refractivity (Wildman–Crippen MR) is 106 cm³/mol. The molecule has 0 aromatic heterocycles. The molecule has 6 nitrogen and oxygen atoms in total.